The Bertz CT molecular complexity index is 873. The number of aliphatic carboxylic acids is 1. The number of rotatable bonds is 4. The molecule has 0 atom stereocenters. The number of hydrogen-bond acceptors (Lipinski definition) is 4. The molecule has 0 aliphatic heterocycles. The summed E-state index contributed by atoms with van der Waals surface area (Å²) in [7, 11) is 0. The highest BCUT2D eigenvalue weighted by Gasteiger charge is 2.40. The number of ketones is 2. The Kier molecular flexibility index (Phi) is 3.73. The van der Waals surface area contributed by atoms with Gasteiger partial charge in [0.2, 0.25) is 0 Å². The number of carboxylic acids is 1. The molecule has 1 aliphatic carbocycles. The molecule has 1 N–H and O–H groups in total. The number of fused-ring (bicyclic) bond motifs is 2. The van der Waals surface area contributed by atoms with Gasteiger partial charge in [-0.15, -0.1) is 0 Å². The van der Waals surface area contributed by atoms with Crippen molar-refractivity contribution in [1.29, 1.82) is 0 Å². The number of carboxylic acid groups (broad SMARTS) is 1. The first kappa shape index (κ1) is 15.9. The molecule has 2 aromatic rings. The molecule has 0 saturated heterocycles. The third-order valence-corrected chi connectivity index (χ3v) is 3.66. The highest BCUT2D eigenvalue weighted by molar-refractivity contribution is 6.28. The third kappa shape index (κ3) is 2.59. The van der Waals surface area contributed by atoms with Gasteiger partial charge in [-0.2, -0.15) is 8.78 Å². The summed E-state index contributed by atoms with van der Waals surface area (Å²) in [5.74, 6) is -3.13. The Morgan fingerprint density at radius 3 is 2.08 bits per heavy atom. The lowest BCUT2D eigenvalue weighted by molar-refractivity contribution is -0.250. The number of halogens is 2. The van der Waals surface area contributed by atoms with Crippen LogP contribution >= 0.6 is 0 Å². The predicted molar refractivity (Wildman–Crippen MR) is 77.1 cm³/mol. The Morgan fingerprint density at radius 1 is 0.958 bits per heavy atom. The van der Waals surface area contributed by atoms with Crippen molar-refractivity contribution in [2.75, 3.05) is 0 Å². The molecule has 2 aromatic carbocycles. The summed E-state index contributed by atoms with van der Waals surface area (Å²) in [6.45, 7) is -0.713. The van der Waals surface area contributed by atoms with Crippen molar-refractivity contribution in [3.63, 3.8) is 0 Å². The lowest BCUT2D eigenvalue weighted by Crippen LogP contribution is -2.31. The van der Waals surface area contributed by atoms with Crippen LogP contribution in [-0.2, 0) is 16.1 Å². The summed E-state index contributed by atoms with van der Waals surface area (Å²) in [6.07, 6.45) is -4.33. The smallest absolute Gasteiger partial charge is 0.456 e. The van der Waals surface area contributed by atoms with Gasteiger partial charge in [-0.25, -0.2) is 4.79 Å². The second-order valence-electron chi connectivity index (χ2n) is 5.19. The van der Waals surface area contributed by atoms with Gasteiger partial charge >= 0.3 is 12.1 Å². The molecule has 7 heteroatoms. The molecule has 0 saturated carbocycles. The maximum absolute atomic E-state index is 13.0. The van der Waals surface area contributed by atoms with Crippen molar-refractivity contribution >= 4 is 17.5 Å². The normalized spacial score (nSPS) is 13.4. The van der Waals surface area contributed by atoms with Crippen LogP contribution in [0.3, 0.4) is 0 Å². The number of alkyl halides is 2. The maximum Gasteiger partial charge on any atom is 0.456 e. The van der Waals surface area contributed by atoms with Crippen molar-refractivity contribution in [2.45, 2.75) is 12.7 Å². The minimum Gasteiger partial charge on any atom is -0.475 e. The summed E-state index contributed by atoms with van der Waals surface area (Å²) < 4.78 is 30.0. The minimum atomic E-state index is -4.33. The monoisotopic (exact) mass is 332 g/mol. The number of carbonyl (C=O) groups is 3. The third-order valence-electron chi connectivity index (χ3n) is 3.66. The van der Waals surface area contributed by atoms with Crippen molar-refractivity contribution in [1.82, 2.24) is 0 Å². The Balaban J connectivity index is 1.93. The van der Waals surface area contributed by atoms with Gasteiger partial charge in [-0.3, -0.25) is 9.59 Å². The van der Waals surface area contributed by atoms with Crippen LogP contribution in [0.15, 0.2) is 42.5 Å². The Morgan fingerprint density at radius 2 is 1.50 bits per heavy atom. The fourth-order valence-corrected chi connectivity index (χ4v) is 2.47. The summed E-state index contributed by atoms with van der Waals surface area (Å²) in [6, 6.07) is 10.3. The van der Waals surface area contributed by atoms with Gasteiger partial charge in [0.1, 0.15) is 0 Å². The van der Waals surface area contributed by atoms with Crippen molar-refractivity contribution in [3.05, 3.63) is 70.3 Å². The molecule has 0 radical (unpaired) electrons. The lowest BCUT2D eigenvalue weighted by Gasteiger charge is -2.18. The molecular weight excluding hydrogens is 322 g/mol. The van der Waals surface area contributed by atoms with E-state index in [2.05, 4.69) is 4.74 Å². The van der Waals surface area contributed by atoms with E-state index in [1.54, 1.807) is 18.2 Å². The summed E-state index contributed by atoms with van der Waals surface area (Å²) in [5.41, 5.74) is 0.946. The highest BCUT2D eigenvalue weighted by atomic mass is 19.3. The van der Waals surface area contributed by atoms with Crippen LogP contribution in [0.2, 0.25) is 0 Å². The largest absolute Gasteiger partial charge is 0.475 e. The minimum absolute atomic E-state index is 0.0819. The summed E-state index contributed by atoms with van der Waals surface area (Å²) >= 11 is 0. The van der Waals surface area contributed by atoms with E-state index >= 15 is 0 Å². The van der Waals surface area contributed by atoms with Crippen molar-refractivity contribution in [2.24, 2.45) is 0 Å². The molecule has 0 heterocycles. The molecule has 0 unspecified atom stereocenters. The zero-order valence-corrected chi connectivity index (χ0v) is 12.1. The molecule has 24 heavy (non-hydrogen) atoms. The Hall–Kier alpha value is -2.93. The quantitative estimate of drug-likeness (QED) is 0.794. The van der Waals surface area contributed by atoms with E-state index in [0.717, 1.165) is 0 Å². The van der Waals surface area contributed by atoms with E-state index in [1.807, 2.05) is 0 Å². The van der Waals surface area contributed by atoms with Crippen LogP contribution in [0, 0.1) is 0 Å². The fourth-order valence-electron chi connectivity index (χ4n) is 2.47. The second-order valence-corrected chi connectivity index (χ2v) is 5.19. The van der Waals surface area contributed by atoms with Crippen LogP contribution in [0.5, 0.6) is 0 Å². The standard InChI is InChI=1S/C17H10F2O5/c18-17(19,16(22)23)24-8-9-5-6-12-13(7-9)15(21)11-4-2-1-3-10(11)14(12)20/h1-7H,8H2,(H,22,23). The molecule has 0 aromatic heterocycles. The number of benzene rings is 2. The van der Waals surface area contributed by atoms with Crippen LogP contribution in [0.1, 0.15) is 37.4 Å². The average molecular weight is 332 g/mol. The maximum atomic E-state index is 13.0. The van der Waals surface area contributed by atoms with Gasteiger partial charge in [0, 0.05) is 22.3 Å². The predicted octanol–water partition coefficient (Wildman–Crippen LogP) is 2.66. The fraction of sp³-hybridized carbons (Fsp3) is 0.118. The van der Waals surface area contributed by atoms with Crippen molar-refractivity contribution < 1.29 is 33.0 Å². The van der Waals surface area contributed by atoms with Gasteiger partial charge in [0.25, 0.3) is 0 Å². The van der Waals surface area contributed by atoms with E-state index in [9.17, 15) is 23.2 Å². The van der Waals surface area contributed by atoms with Gasteiger partial charge in [-0.05, 0) is 17.7 Å². The first-order valence-electron chi connectivity index (χ1n) is 6.88. The summed E-state index contributed by atoms with van der Waals surface area (Å²) in [4.78, 5) is 35.2. The molecule has 1 aliphatic rings. The molecule has 0 amide bonds. The lowest BCUT2D eigenvalue weighted by atomic mass is 9.83. The number of hydrogen-bond donors (Lipinski definition) is 1. The van der Waals surface area contributed by atoms with E-state index < -0.39 is 24.5 Å². The zero-order chi connectivity index (χ0) is 17.5. The van der Waals surface area contributed by atoms with Crippen LogP contribution in [0.4, 0.5) is 8.78 Å². The second kappa shape index (κ2) is 5.61. The van der Waals surface area contributed by atoms with E-state index in [0.29, 0.717) is 0 Å². The summed E-state index contributed by atoms with van der Waals surface area (Å²) in [5, 5.41) is 8.32. The van der Waals surface area contributed by atoms with E-state index in [4.69, 9.17) is 5.11 Å². The van der Waals surface area contributed by atoms with Gasteiger partial charge < -0.3 is 9.84 Å². The Labute approximate surface area is 134 Å². The van der Waals surface area contributed by atoms with Gasteiger partial charge in [0.05, 0.1) is 6.61 Å². The molecule has 5 nitrogen and oxygen atoms in total. The van der Waals surface area contributed by atoms with E-state index in [1.165, 1.54) is 24.3 Å². The highest BCUT2D eigenvalue weighted by Crippen LogP contribution is 2.28. The molecule has 0 spiro atoms. The number of carbonyl (C=O) groups excluding carboxylic acids is 2. The van der Waals surface area contributed by atoms with Crippen molar-refractivity contribution in [3.8, 4) is 0 Å². The SMILES string of the molecule is O=C1c2ccccc2C(=O)c2cc(COC(F)(F)C(=O)O)ccc21. The molecular formula is C17H10F2O5. The van der Waals surface area contributed by atoms with Gasteiger partial charge in [-0.1, -0.05) is 30.3 Å². The average Bonchev–Trinajstić information content (AvgIpc) is 2.57. The van der Waals surface area contributed by atoms with Crippen LogP contribution < -0.4 is 0 Å². The van der Waals surface area contributed by atoms with Crippen LogP contribution in [-0.4, -0.2) is 28.8 Å². The molecule has 0 bridgehead atoms. The van der Waals surface area contributed by atoms with Crippen LogP contribution in [0.25, 0.3) is 0 Å². The topological polar surface area (TPSA) is 80.7 Å². The first-order valence-corrected chi connectivity index (χ1v) is 6.88. The molecule has 122 valence electrons. The van der Waals surface area contributed by atoms with Gasteiger partial charge in [0.15, 0.2) is 11.6 Å². The first-order chi connectivity index (χ1) is 11.3. The zero-order valence-electron chi connectivity index (χ0n) is 12.1. The molecule has 3 rings (SSSR count). The number of ether oxygens (including phenoxy) is 1. The molecule has 0 fully saturated rings. The van der Waals surface area contributed by atoms with E-state index in [-0.39, 0.29) is 33.6 Å².